The van der Waals surface area contributed by atoms with E-state index in [1.54, 1.807) is 6.92 Å². The second-order valence-corrected chi connectivity index (χ2v) is 8.41. The zero-order valence-electron chi connectivity index (χ0n) is 16.3. The van der Waals surface area contributed by atoms with E-state index >= 15 is 0 Å². The first-order valence-electron chi connectivity index (χ1n) is 9.17. The predicted octanol–water partition coefficient (Wildman–Crippen LogP) is 3.99. The van der Waals surface area contributed by atoms with Gasteiger partial charge in [-0.25, -0.2) is 0 Å². The second kappa shape index (κ2) is 8.48. The molecule has 140 valence electrons. The van der Waals surface area contributed by atoms with Gasteiger partial charge in [0, 0.05) is 0 Å². The van der Waals surface area contributed by atoms with Gasteiger partial charge in [0.1, 0.15) is 0 Å². The molecule has 0 amide bonds. The molecule has 0 spiro atoms. The van der Waals surface area contributed by atoms with Crippen LogP contribution in [0.1, 0.15) is 79.6 Å². The van der Waals surface area contributed by atoms with Crippen LogP contribution in [0, 0.1) is 11.3 Å². The highest BCUT2D eigenvalue weighted by molar-refractivity contribution is 5.72. The van der Waals surface area contributed by atoms with E-state index in [4.69, 9.17) is 0 Å². The van der Waals surface area contributed by atoms with Gasteiger partial charge in [-0.2, -0.15) is 0 Å². The normalized spacial score (nSPS) is 22.7. The van der Waals surface area contributed by atoms with E-state index in [2.05, 4.69) is 25.5 Å². The molecule has 0 saturated carbocycles. The molecular formula is C20H36O4. The largest absolute Gasteiger partial charge is 0.469 e. The van der Waals surface area contributed by atoms with Crippen LogP contribution in [-0.2, 0) is 9.53 Å². The Morgan fingerprint density at radius 2 is 2.00 bits per heavy atom. The molecule has 0 radical (unpaired) electrons. The minimum atomic E-state index is -0.836. The zero-order chi connectivity index (χ0) is 18.5. The Morgan fingerprint density at radius 3 is 2.54 bits per heavy atom. The fourth-order valence-corrected chi connectivity index (χ4v) is 3.80. The van der Waals surface area contributed by atoms with Crippen LogP contribution < -0.4 is 0 Å². The fourth-order valence-electron chi connectivity index (χ4n) is 3.80. The van der Waals surface area contributed by atoms with Crippen molar-refractivity contribution in [1.82, 2.24) is 0 Å². The summed E-state index contributed by atoms with van der Waals surface area (Å²) in [7, 11) is 1.32. The lowest BCUT2D eigenvalue weighted by atomic mass is 9.70. The van der Waals surface area contributed by atoms with Gasteiger partial charge in [0.2, 0.25) is 0 Å². The van der Waals surface area contributed by atoms with Gasteiger partial charge in [-0.1, -0.05) is 25.0 Å². The van der Waals surface area contributed by atoms with E-state index in [1.807, 2.05) is 6.92 Å². The van der Waals surface area contributed by atoms with Crippen molar-refractivity contribution < 1.29 is 19.7 Å². The highest BCUT2D eigenvalue weighted by Gasteiger charge is 2.31. The Hall–Kier alpha value is -0.870. The number of hydrogen-bond donors (Lipinski definition) is 2. The molecule has 3 atom stereocenters. The molecule has 1 aliphatic carbocycles. The average molecular weight is 341 g/mol. The minimum absolute atomic E-state index is 0.220. The molecule has 0 fully saturated rings. The number of carbonyl (C=O) groups excluding carboxylic acids is 1. The zero-order valence-corrected chi connectivity index (χ0v) is 16.3. The van der Waals surface area contributed by atoms with Gasteiger partial charge >= 0.3 is 5.97 Å². The number of carbonyl (C=O) groups is 1. The molecule has 1 rings (SSSR count). The summed E-state index contributed by atoms with van der Waals surface area (Å²) in [5.41, 5.74) is 2.34. The summed E-state index contributed by atoms with van der Waals surface area (Å²) < 4.78 is 4.66. The molecule has 4 nitrogen and oxygen atoms in total. The predicted molar refractivity (Wildman–Crippen MR) is 96.6 cm³/mol. The number of aliphatic hydroxyl groups excluding tert-OH is 1. The monoisotopic (exact) mass is 340 g/mol. The first-order chi connectivity index (χ1) is 11.0. The topological polar surface area (TPSA) is 66.8 Å². The molecule has 0 aromatic carbocycles. The van der Waals surface area contributed by atoms with Gasteiger partial charge in [-0.05, 0) is 71.1 Å². The molecule has 3 unspecified atom stereocenters. The maximum atomic E-state index is 11.5. The molecular weight excluding hydrogens is 304 g/mol. The van der Waals surface area contributed by atoms with Crippen molar-refractivity contribution in [3.63, 3.8) is 0 Å². The van der Waals surface area contributed by atoms with Crippen LogP contribution in [0.25, 0.3) is 0 Å². The van der Waals surface area contributed by atoms with Crippen LogP contribution in [0.3, 0.4) is 0 Å². The van der Waals surface area contributed by atoms with Gasteiger partial charge in [-0.15, -0.1) is 0 Å². The molecule has 0 heterocycles. The van der Waals surface area contributed by atoms with E-state index in [1.165, 1.54) is 31.1 Å². The van der Waals surface area contributed by atoms with Crippen molar-refractivity contribution in [2.24, 2.45) is 11.3 Å². The van der Waals surface area contributed by atoms with Crippen LogP contribution in [-0.4, -0.2) is 35.0 Å². The third-order valence-electron chi connectivity index (χ3n) is 5.73. The van der Waals surface area contributed by atoms with Crippen LogP contribution in [0.2, 0.25) is 0 Å². The summed E-state index contributed by atoms with van der Waals surface area (Å²) in [6.45, 7) is 10.3. The third-order valence-corrected chi connectivity index (χ3v) is 5.73. The van der Waals surface area contributed by atoms with E-state index in [9.17, 15) is 15.0 Å². The Bertz CT molecular complexity index is 462. The fraction of sp³-hybridized carbons (Fsp3) is 0.850. The van der Waals surface area contributed by atoms with Crippen LogP contribution in [0.5, 0.6) is 0 Å². The molecule has 0 aromatic rings. The standard InChI is InChI=1S/C20H36O4/c1-14-8-7-11-19(3,4)16(14)9-12-20(5,23)13-10-17(21)15(2)18(22)24-6/h15,17,21,23H,7-13H2,1-6H3. The molecule has 24 heavy (non-hydrogen) atoms. The summed E-state index contributed by atoms with van der Waals surface area (Å²) in [4.78, 5) is 11.5. The quantitative estimate of drug-likeness (QED) is 0.518. The molecule has 0 bridgehead atoms. The second-order valence-electron chi connectivity index (χ2n) is 8.41. The lowest BCUT2D eigenvalue weighted by Gasteiger charge is -2.36. The Labute approximate surface area is 147 Å². The number of ether oxygens (including phenoxy) is 1. The smallest absolute Gasteiger partial charge is 0.311 e. The third kappa shape index (κ3) is 5.89. The van der Waals surface area contributed by atoms with Gasteiger partial charge in [0.25, 0.3) is 0 Å². The highest BCUT2D eigenvalue weighted by Crippen LogP contribution is 2.43. The number of allylic oxidation sites excluding steroid dienone is 2. The molecule has 0 saturated heterocycles. The number of hydrogen-bond acceptors (Lipinski definition) is 4. The molecule has 0 aromatic heterocycles. The lowest BCUT2D eigenvalue weighted by molar-refractivity contribution is -0.149. The Kier molecular flexibility index (Phi) is 7.48. The number of rotatable bonds is 8. The molecule has 0 aliphatic heterocycles. The summed E-state index contributed by atoms with van der Waals surface area (Å²) >= 11 is 0. The van der Waals surface area contributed by atoms with Gasteiger partial charge in [-0.3, -0.25) is 4.79 Å². The number of esters is 1. The van der Waals surface area contributed by atoms with Crippen molar-refractivity contribution in [3.8, 4) is 0 Å². The van der Waals surface area contributed by atoms with Crippen LogP contribution in [0.15, 0.2) is 11.1 Å². The van der Waals surface area contributed by atoms with Crippen LogP contribution in [0.4, 0.5) is 0 Å². The molecule has 4 heteroatoms. The molecule has 1 aliphatic rings. The summed E-state index contributed by atoms with van der Waals surface area (Å²) in [6.07, 6.45) is 5.28. The summed E-state index contributed by atoms with van der Waals surface area (Å²) in [6, 6.07) is 0. The van der Waals surface area contributed by atoms with E-state index < -0.39 is 23.6 Å². The van der Waals surface area contributed by atoms with Crippen LogP contribution >= 0.6 is 0 Å². The summed E-state index contributed by atoms with van der Waals surface area (Å²) in [5.74, 6) is -0.972. The maximum Gasteiger partial charge on any atom is 0.311 e. The average Bonchev–Trinajstić information content (AvgIpc) is 2.49. The number of aliphatic hydroxyl groups is 2. The maximum absolute atomic E-state index is 11.5. The van der Waals surface area contributed by atoms with E-state index in [0.717, 1.165) is 12.8 Å². The highest BCUT2D eigenvalue weighted by atomic mass is 16.5. The SMILES string of the molecule is COC(=O)C(C)C(O)CCC(C)(O)CCC1=C(C)CCCC1(C)C. The molecule has 2 N–H and O–H groups in total. The van der Waals surface area contributed by atoms with E-state index in [-0.39, 0.29) is 5.41 Å². The Morgan fingerprint density at radius 1 is 1.38 bits per heavy atom. The van der Waals surface area contributed by atoms with Gasteiger partial charge in [0.15, 0.2) is 0 Å². The van der Waals surface area contributed by atoms with Crippen molar-refractivity contribution in [1.29, 1.82) is 0 Å². The lowest BCUT2D eigenvalue weighted by Crippen LogP contribution is -2.32. The Balaban J connectivity index is 2.56. The number of methoxy groups -OCH3 is 1. The first kappa shape index (κ1) is 21.2. The minimum Gasteiger partial charge on any atom is -0.469 e. The summed E-state index contributed by atoms with van der Waals surface area (Å²) in [5, 5.41) is 20.8. The van der Waals surface area contributed by atoms with Crippen molar-refractivity contribution in [2.75, 3.05) is 7.11 Å². The van der Waals surface area contributed by atoms with E-state index in [0.29, 0.717) is 19.3 Å². The van der Waals surface area contributed by atoms with Crippen molar-refractivity contribution in [3.05, 3.63) is 11.1 Å². The van der Waals surface area contributed by atoms with Gasteiger partial charge in [0.05, 0.1) is 24.7 Å². The van der Waals surface area contributed by atoms with Gasteiger partial charge < -0.3 is 14.9 Å². The van der Waals surface area contributed by atoms with Crippen molar-refractivity contribution >= 4 is 5.97 Å². The van der Waals surface area contributed by atoms with Crippen molar-refractivity contribution in [2.45, 2.75) is 91.3 Å². The first-order valence-corrected chi connectivity index (χ1v) is 9.17.